The molecule has 6 heteroatoms. The van der Waals surface area contributed by atoms with Gasteiger partial charge in [-0.2, -0.15) is 0 Å². The molecule has 98 valence electrons. The molecular weight excluding hydrogens is 278 g/mol. The van der Waals surface area contributed by atoms with E-state index in [0.29, 0.717) is 12.2 Å². The summed E-state index contributed by atoms with van der Waals surface area (Å²) in [5, 5.41) is 5.65. The molecule has 1 aliphatic heterocycles. The lowest BCUT2D eigenvalue weighted by atomic mass is 9.97. The Hall–Kier alpha value is -0.840. The van der Waals surface area contributed by atoms with E-state index >= 15 is 0 Å². The number of amides is 1. The van der Waals surface area contributed by atoms with Crippen molar-refractivity contribution >= 4 is 34.8 Å². The van der Waals surface area contributed by atoms with Crippen LogP contribution in [0.5, 0.6) is 0 Å². The highest BCUT2D eigenvalue weighted by Gasteiger charge is 2.29. The number of carbonyl (C=O) groups excluding carboxylic acids is 1. The molecule has 3 nitrogen and oxygen atoms in total. The number of halogens is 3. The molecule has 1 amide bonds. The zero-order valence-corrected chi connectivity index (χ0v) is 11.3. The first-order valence-electron chi connectivity index (χ1n) is 5.65. The molecule has 0 saturated carbocycles. The molecule has 1 aromatic rings. The zero-order chi connectivity index (χ0) is 13.3. The van der Waals surface area contributed by atoms with Crippen LogP contribution in [0.25, 0.3) is 0 Å². The van der Waals surface area contributed by atoms with Crippen LogP contribution in [-0.4, -0.2) is 19.0 Å². The second-order valence-electron chi connectivity index (χ2n) is 4.49. The van der Waals surface area contributed by atoms with Gasteiger partial charge in [-0.25, -0.2) is 4.39 Å². The van der Waals surface area contributed by atoms with Crippen LogP contribution in [0.3, 0.4) is 0 Å². The lowest BCUT2D eigenvalue weighted by molar-refractivity contribution is -0.120. The van der Waals surface area contributed by atoms with E-state index in [1.165, 1.54) is 12.1 Å². The van der Waals surface area contributed by atoms with E-state index in [-0.39, 0.29) is 27.8 Å². The van der Waals surface area contributed by atoms with E-state index in [9.17, 15) is 9.18 Å². The molecule has 0 bridgehead atoms. The van der Waals surface area contributed by atoms with Crippen LogP contribution in [-0.2, 0) is 4.79 Å². The molecular formula is C12H13Cl2FN2O. The first-order chi connectivity index (χ1) is 8.49. The van der Waals surface area contributed by atoms with E-state index < -0.39 is 5.82 Å². The Morgan fingerprint density at radius 3 is 2.50 bits per heavy atom. The molecule has 2 atom stereocenters. The molecule has 0 aliphatic carbocycles. The lowest BCUT2D eigenvalue weighted by Crippen LogP contribution is -2.27. The summed E-state index contributed by atoms with van der Waals surface area (Å²) in [4.78, 5) is 12.0. The van der Waals surface area contributed by atoms with E-state index in [1.54, 1.807) is 0 Å². The van der Waals surface area contributed by atoms with Gasteiger partial charge in [-0.3, -0.25) is 4.79 Å². The van der Waals surface area contributed by atoms with Gasteiger partial charge in [0.1, 0.15) is 0 Å². The minimum absolute atomic E-state index is 0.0902. The minimum Gasteiger partial charge on any atom is -0.326 e. The van der Waals surface area contributed by atoms with Gasteiger partial charge in [-0.1, -0.05) is 30.1 Å². The van der Waals surface area contributed by atoms with Crippen molar-refractivity contribution < 1.29 is 9.18 Å². The van der Waals surface area contributed by atoms with E-state index in [1.807, 2.05) is 6.92 Å². The fourth-order valence-corrected chi connectivity index (χ4v) is 2.51. The summed E-state index contributed by atoms with van der Waals surface area (Å²) in [5.41, 5.74) is 0.413. The molecule has 1 saturated heterocycles. The van der Waals surface area contributed by atoms with Crippen molar-refractivity contribution in [3.05, 3.63) is 28.0 Å². The SMILES string of the molecule is C[C@@H]1CNC[C@H]1C(=O)Nc1cc(Cl)c(F)c(Cl)c1. The topological polar surface area (TPSA) is 41.1 Å². The van der Waals surface area contributed by atoms with Gasteiger partial charge < -0.3 is 10.6 Å². The summed E-state index contributed by atoms with van der Waals surface area (Å²) in [7, 11) is 0. The van der Waals surface area contributed by atoms with Gasteiger partial charge in [-0.15, -0.1) is 0 Å². The van der Waals surface area contributed by atoms with Crippen molar-refractivity contribution in [2.75, 3.05) is 18.4 Å². The first kappa shape index (κ1) is 13.6. The van der Waals surface area contributed by atoms with Gasteiger partial charge in [0.2, 0.25) is 5.91 Å². The molecule has 2 N–H and O–H groups in total. The van der Waals surface area contributed by atoms with E-state index in [4.69, 9.17) is 23.2 Å². The highest BCUT2D eigenvalue weighted by Crippen LogP contribution is 2.28. The van der Waals surface area contributed by atoms with Crippen LogP contribution in [0, 0.1) is 17.7 Å². The van der Waals surface area contributed by atoms with Gasteiger partial charge in [-0.05, 0) is 24.6 Å². The smallest absolute Gasteiger partial charge is 0.229 e. The van der Waals surface area contributed by atoms with Crippen LogP contribution < -0.4 is 10.6 Å². The number of carbonyl (C=O) groups is 1. The Labute approximate surface area is 115 Å². The van der Waals surface area contributed by atoms with Crippen LogP contribution in [0.2, 0.25) is 10.0 Å². The Morgan fingerprint density at radius 1 is 1.39 bits per heavy atom. The number of nitrogens with one attached hydrogen (secondary N) is 2. The van der Waals surface area contributed by atoms with Crippen molar-refractivity contribution in [1.29, 1.82) is 0 Å². The maximum Gasteiger partial charge on any atom is 0.229 e. The third-order valence-corrected chi connectivity index (χ3v) is 3.66. The molecule has 0 spiro atoms. The summed E-state index contributed by atoms with van der Waals surface area (Å²) in [5.74, 6) is -0.595. The largest absolute Gasteiger partial charge is 0.326 e. The summed E-state index contributed by atoms with van der Waals surface area (Å²) >= 11 is 11.3. The Bertz CT molecular complexity index is 458. The third-order valence-electron chi connectivity index (χ3n) is 3.11. The Balaban J connectivity index is 2.12. The van der Waals surface area contributed by atoms with E-state index in [0.717, 1.165) is 6.54 Å². The maximum atomic E-state index is 13.2. The number of benzene rings is 1. The van der Waals surface area contributed by atoms with Gasteiger partial charge in [0.05, 0.1) is 16.0 Å². The third kappa shape index (κ3) is 2.76. The lowest BCUT2D eigenvalue weighted by Gasteiger charge is -2.14. The van der Waals surface area contributed by atoms with Crippen LogP contribution in [0.1, 0.15) is 6.92 Å². The Kier molecular flexibility index (Phi) is 4.10. The first-order valence-corrected chi connectivity index (χ1v) is 6.40. The van der Waals surface area contributed by atoms with Gasteiger partial charge >= 0.3 is 0 Å². The maximum absolute atomic E-state index is 13.2. The highest BCUT2D eigenvalue weighted by atomic mass is 35.5. The number of rotatable bonds is 2. The fourth-order valence-electron chi connectivity index (χ4n) is 2.02. The second kappa shape index (κ2) is 5.43. The fraction of sp³-hybridized carbons (Fsp3) is 0.417. The summed E-state index contributed by atoms with van der Waals surface area (Å²) < 4.78 is 13.2. The molecule has 0 unspecified atom stereocenters. The Morgan fingerprint density at radius 2 is 2.00 bits per heavy atom. The molecule has 1 fully saturated rings. The average molecular weight is 291 g/mol. The van der Waals surface area contributed by atoms with Gasteiger partial charge in [0, 0.05) is 12.2 Å². The van der Waals surface area contributed by atoms with Gasteiger partial charge in [0.25, 0.3) is 0 Å². The second-order valence-corrected chi connectivity index (χ2v) is 5.30. The minimum atomic E-state index is -0.674. The monoisotopic (exact) mass is 290 g/mol. The molecule has 1 aromatic carbocycles. The summed E-state index contributed by atoms with van der Waals surface area (Å²) in [6, 6.07) is 2.71. The molecule has 2 rings (SSSR count). The zero-order valence-electron chi connectivity index (χ0n) is 9.77. The molecule has 1 aliphatic rings. The van der Waals surface area contributed by atoms with Crippen LogP contribution in [0.4, 0.5) is 10.1 Å². The molecule has 18 heavy (non-hydrogen) atoms. The number of anilines is 1. The predicted octanol–water partition coefficient (Wildman–Crippen LogP) is 2.93. The predicted molar refractivity (Wildman–Crippen MR) is 70.6 cm³/mol. The number of hydrogen-bond acceptors (Lipinski definition) is 2. The average Bonchev–Trinajstić information content (AvgIpc) is 2.72. The quantitative estimate of drug-likeness (QED) is 0.823. The normalized spacial score (nSPS) is 23.1. The van der Waals surface area contributed by atoms with Crippen molar-refractivity contribution in [3.63, 3.8) is 0 Å². The molecule has 1 heterocycles. The van der Waals surface area contributed by atoms with Crippen molar-refractivity contribution in [2.45, 2.75) is 6.92 Å². The van der Waals surface area contributed by atoms with E-state index in [2.05, 4.69) is 10.6 Å². The molecule has 0 aromatic heterocycles. The van der Waals surface area contributed by atoms with Crippen molar-refractivity contribution in [1.82, 2.24) is 5.32 Å². The number of hydrogen-bond donors (Lipinski definition) is 2. The van der Waals surface area contributed by atoms with Gasteiger partial charge in [0.15, 0.2) is 5.82 Å². The van der Waals surface area contributed by atoms with Crippen molar-refractivity contribution in [3.8, 4) is 0 Å². The summed E-state index contributed by atoms with van der Waals surface area (Å²) in [6.07, 6.45) is 0. The summed E-state index contributed by atoms with van der Waals surface area (Å²) in [6.45, 7) is 3.48. The van der Waals surface area contributed by atoms with Crippen LogP contribution >= 0.6 is 23.2 Å². The van der Waals surface area contributed by atoms with Crippen molar-refractivity contribution in [2.24, 2.45) is 11.8 Å². The highest BCUT2D eigenvalue weighted by molar-refractivity contribution is 6.35. The standard InChI is InChI=1S/C12H13Cl2FN2O/c1-6-4-16-5-8(6)12(18)17-7-2-9(13)11(15)10(14)3-7/h2-3,6,8,16H,4-5H2,1H3,(H,17,18)/t6-,8-/m1/s1. The molecule has 0 radical (unpaired) electrons. The van der Waals surface area contributed by atoms with Crippen LogP contribution in [0.15, 0.2) is 12.1 Å².